The van der Waals surface area contributed by atoms with Crippen LogP contribution in [0.25, 0.3) is 0 Å². The Hall–Kier alpha value is -2.29. The minimum atomic E-state index is 0.0589. The van der Waals surface area contributed by atoms with E-state index in [1.807, 2.05) is 54.8 Å². The quantitative estimate of drug-likeness (QED) is 0.833. The second kappa shape index (κ2) is 5.14. The number of hydrogen-bond donors (Lipinski definition) is 0. The van der Waals surface area contributed by atoms with Crippen LogP contribution in [-0.4, -0.2) is 21.8 Å². The van der Waals surface area contributed by atoms with Crippen LogP contribution in [0.15, 0.2) is 67.1 Å². The number of hydrogen-bond acceptors (Lipinski definition) is 3. The fraction of sp³-hybridized carbons (Fsp3) is 0.125. The third-order valence-corrected chi connectivity index (χ3v) is 3.09. The summed E-state index contributed by atoms with van der Waals surface area (Å²) in [6, 6.07) is 16.4. The van der Waals surface area contributed by atoms with E-state index >= 15 is 0 Å². The van der Waals surface area contributed by atoms with Gasteiger partial charge in [0.1, 0.15) is 0 Å². The van der Waals surface area contributed by atoms with Crippen molar-refractivity contribution in [2.45, 2.75) is 6.04 Å². The maximum Gasteiger partial charge on any atom is 0.208 e. The Kier molecular flexibility index (Phi) is 3.19. The molecule has 0 unspecified atom stereocenters. The van der Waals surface area contributed by atoms with E-state index in [-0.39, 0.29) is 6.04 Å². The summed E-state index contributed by atoms with van der Waals surface area (Å²) in [5.74, 6) is 0. The number of aromatic nitrogens is 1. The molecular formula is C16H15N3. The lowest BCUT2D eigenvalue weighted by molar-refractivity contribution is 0.327. The van der Waals surface area contributed by atoms with Crippen molar-refractivity contribution in [2.75, 3.05) is 7.05 Å². The molecule has 19 heavy (non-hydrogen) atoms. The second-order valence-corrected chi connectivity index (χ2v) is 4.48. The molecule has 1 aliphatic heterocycles. The molecule has 1 aromatic carbocycles. The van der Waals surface area contributed by atoms with Crippen LogP contribution in [-0.2, 0) is 0 Å². The van der Waals surface area contributed by atoms with Crippen LogP contribution in [0.3, 0.4) is 0 Å². The van der Waals surface area contributed by atoms with Gasteiger partial charge in [0.05, 0.1) is 11.7 Å². The SMILES string of the molecule is CN1[C]N([C@@H](c2ccccc2)c2ccccn2)C=C1. The van der Waals surface area contributed by atoms with Gasteiger partial charge < -0.3 is 9.80 Å². The van der Waals surface area contributed by atoms with Gasteiger partial charge in [-0.3, -0.25) is 4.98 Å². The van der Waals surface area contributed by atoms with Crippen LogP contribution in [0.5, 0.6) is 0 Å². The Morgan fingerprint density at radius 1 is 1.00 bits per heavy atom. The first kappa shape index (κ1) is 11.8. The van der Waals surface area contributed by atoms with Crippen molar-refractivity contribution in [3.8, 4) is 0 Å². The number of rotatable bonds is 3. The molecule has 0 saturated carbocycles. The van der Waals surface area contributed by atoms with Gasteiger partial charge in [-0.05, 0) is 17.7 Å². The van der Waals surface area contributed by atoms with Crippen molar-refractivity contribution >= 4 is 0 Å². The van der Waals surface area contributed by atoms with E-state index in [4.69, 9.17) is 0 Å². The molecule has 3 rings (SSSR count). The van der Waals surface area contributed by atoms with E-state index in [0.29, 0.717) is 0 Å². The van der Waals surface area contributed by atoms with Gasteiger partial charge in [-0.2, -0.15) is 0 Å². The molecular weight excluding hydrogens is 234 g/mol. The van der Waals surface area contributed by atoms with Crippen molar-refractivity contribution in [1.29, 1.82) is 0 Å². The lowest BCUT2D eigenvalue weighted by Crippen LogP contribution is -2.24. The Morgan fingerprint density at radius 3 is 2.42 bits per heavy atom. The topological polar surface area (TPSA) is 19.4 Å². The number of pyridine rings is 1. The third kappa shape index (κ3) is 2.45. The van der Waals surface area contributed by atoms with Crippen molar-refractivity contribution in [2.24, 2.45) is 0 Å². The molecule has 94 valence electrons. The number of benzene rings is 1. The normalized spacial score (nSPS) is 15.8. The Balaban J connectivity index is 1.99. The largest absolute Gasteiger partial charge is 0.349 e. The van der Waals surface area contributed by atoms with Crippen LogP contribution < -0.4 is 0 Å². The van der Waals surface area contributed by atoms with Crippen LogP contribution in [0, 0.1) is 6.67 Å². The maximum absolute atomic E-state index is 4.49. The van der Waals surface area contributed by atoms with Crippen LogP contribution in [0.4, 0.5) is 0 Å². The second-order valence-electron chi connectivity index (χ2n) is 4.48. The molecule has 2 aromatic rings. The fourth-order valence-corrected chi connectivity index (χ4v) is 2.21. The average Bonchev–Trinajstić information content (AvgIpc) is 2.88. The van der Waals surface area contributed by atoms with Crippen molar-refractivity contribution in [3.63, 3.8) is 0 Å². The van der Waals surface area contributed by atoms with E-state index in [2.05, 4.69) is 40.8 Å². The minimum Gasteiger partial charge on any atom is -0.349 e. The summed E-state index contributed by atoms with van der Waals surface area (Å²) in [7, 11) is 1.97. The molecule has 3 heteroatoms. The van der Waals surface area contributed by atoms with Gasteiger partial charge in [0.2, 0.25) is 6.67 Å². The van der Waals surface area contributed by atoms with Gasteiger partial charge in [0.15, 0.2) is 0 Å². The summed E-state index contributed by atoms with van der Waals surface area (Å²) < 4.78 is 0. The highest BCUT2D eigenvalue weighted by atomic mass is 15.3. The van der Waals surface area contributed by atoms with E-state index < -0.39 is 0 Å². The Labute approximate surface area is 113 Å². The van der Waals surface area contributed by atoms with E-state index in [1.54, 1.807) is 0 Å². The lowest BCUT2D eigenvalue weighted by Gasteiger charge is -2.27. The summed E-state index contributed by atoms with van der Waals surface area (Å²) in [6.45, 7) is 3.27. The van der Waals surface area contributed by atoms with E-state index in [1.165, 1.54) is 5.56 Å². The summed E-state index contributed by atoms with van der Waals surface area (Å²) in [4.78, 5) is 8.46. The zero-order valence-electron chi connectivity index (χ0n) is 10.8. The van der Waals surface area contributed by atoms with E-state index in [0.717, 1.165) is 5.69 Å². The zero-order valence-corrected chi connectivity index (χ0v) is 10.8. The predicted molar refractivity (Wildman–Crippen MR) is 74.5 cm³/mol. The summed E-state index contributed by atoms with van der Waals surface area (Å²) in [6.07, 6.45) is 5.83. The molecule has 1 aromatic heterocycles. The Morgan fingerprint density at radius 2 is 1.79 bits per heavy atom. The number of nitrogens with zero attached hydrogens (tertiary/aromatic N) is 3. The van der Waals surface area contributed by atoms with E-state index in [9.17, 15) is 0 Å². The summed E-state index contributed by atoms with van der Waals surface area (Å²) in [5, 5.41) is 0. The monoisotopic (exact) mass is 249 g/mol. The molecule has 0 bridgehead atoms. The standard InChI is InChI=1S/C16H15N3/c1-18-11-12-19(13-18)16(14-7-3-2-4-8-14)15-9-5-6-10-17-15/h2-12,16H,1H3/t16-/m0/s1. The summed E-state index contributed by atoms with van der Waals surface area (Å²) in [5.41, 5.74) is 2.22. The van der Waals surface area contributed by atoms with Gasteiger partial charge in [0.25, 0.3) is 0 Å². The molecule has 2 heterocycles. The van der Waals surface area contributed by atoms with Gasteiger partial charge in [-0.15, -0.1) is 0 Å². The Bertz CT molecular complexity index is 511. The fourth-order valence-electron chi connectivity index (χ4n) is 2.21. The molecule has 3 nitrogen and oxygen atoms in total. The van der Waals surface area contributed by atoms with Gasteiger partial charge in [-0.25, -0.2) is 0 Å². The molecule has 0 fully saturated rings. The third-order valence-electron chi connectivity index (χ3n) is 3.09. The molecule has 0 N–H and O–H groups in total. The van der Waals surface area contributed by atoms with Gasteiger partial charge in [-0.1, -0.05) is 36.4 Å². The van der Waals surface area contributed by atoms with Crippen LogP contribution in [0.2, 0.25) is 0 Å². The molecule has 1 aliphatic rings. The zero-order chi connectivity index (χ0) is 13.1. The average molecular weight is 249 g/mol. The molecule has 0 spiro atoms. The summed E-state index contributed by atoms with van der Waals surface area (Å²) >= 11 is 0. The highest BCUT2D eigenvalue weighted by Crippen LogP contribution is 2.30. The first-order chi connectivity index (χ1) is 9.34. The van der Waals surface area contributed by atoms with Crippen molar-refractivity contribution < 1.29 is 0 Å². The predicted octanol–water partition coefficient (Wildman–Crippen LogP) is 2.89. The maximum atomic E-state index is 4.49. The molecule has 0 amide bonds. The molecule has 0 saturated heterocycles. The molecule has 0 aliphatic carbocycles. The first-order valence-corrected chi connectivity index (χ1v) is 6.26. The highest BCUT2D eigenvalue weighted by molar-refractivity contribution is 5.29. The molecule has 1 atom stereocenters. The first-order valence-electron chi connectivity index (χ1n) is 6.26. The smallest absolute Gasteiger partial charge is 0.208 e. The molecule has 2 radical (unpaired) electrons. The highest BCUT2D eigenvalue weighted by Gasteiger charge is 2.25. The van der Waals surface area contributed by atoms with Crippen LogP contribution in [0.1, 0.15) is 17.3 Å². The van der Waals surface area contributed by atoms with Crippen LogP contribution >= 0.6 is 0 Å². The minimum absolute atomic E-state index is 0.0589. The van der Waals surface area contributed by atoms with Crippen molar-refractivity contribution in [1.82, 2.24) is 14.8 Å². The lowest BCUT2D eigenvalue weighted by atomic mass is 10.0. The van der Waals surface area contributed by atoms with Crippen molar-refractivity contribution in [3.05, 3.63) is 85.1 Å². The van der Waals surface area contributed by atoms with Gasteiger partial charge in [0, 0.05) is 25.6 Å². The van der Waals surface area contributed by atoms with Gasteiger partial charge >= 0.3 is 0 Å².